The van der Waals surface area contributed by atoms with E-state index in [1.807, 2.05) is 36.4 Å². The largest absolute Gasteiger partial charge is 0.362 e. The smallest absolute Gasteiger partial charge is 0.156 e. The highest BCUT2D eigenvalue weighted by atomic mass is 32.1. The molecule has 0 atom stereocenters. The van der Waals surface area contributed by atoms with Crippen LogP contribution in [-0.4, -0.2) is 15.1 Å². The number of anilines is 1. The van der Waals surface area contributed by atoms with Crippen molar-refractivity contribution in [2.24, 2.45) is 0 Å². The molecule has 1 aromatic carbocycles. The van der Waals surface area contributed by atoms with Gasteiger partial charge in [0.1, 0.15) is 22.7 Å². The van der Waals surface area contributed by atoms with E-state index in [0.717, 1.165) is 33.1 Å². The Balaban J connectivity index is 1.55. The minimum Gasteiger partial charge on any atom is -0.362 e. The summed E-state index contributed by atoms with van der Waals surface area (Å²) in [4.78, 5) is 11.1. The average molecular weight is 364 g/mol. The first-order valence-corrected chi connectivity index (χ1v) is 9.32. The third kappa shape index (κ3) is 3.32. The van der Waals surface area contributed by atoms with E-state index in [1.54, 1.807) is 17.7 Å². The van der Waals surface area contributed by atoms with Gasteiger partial charge in [0.05, 0.1) is 11.9 Å². The van der Waals surface area contributed by atoms with Crippen molar-refractivity contribution in [3.05, 3.63) is 59.4 Å². The van der Waals surface area contributed by atoms with Gasteiger partial charge in [-0.25, -0.2) is 9.97 Å². The second-order valence-electron chi connectivity index (χ2n) is 7.20. The van der Waals surface area contributed by atoms with Crippen LogP contribution in [0.3, 0.4) is 0 Å². The minimum absolute atomic E-state index is 0.0954. The summed E-state index contributed by atoms with van der Waals surface area (Å²) in [5.41, 5.74) is 1.97. The molecule has 0 aliphatic rings. The van der Waals surface area contributed by atoms with Gasteiger partial charge in [-0.05, 0) is 11.5 Å². The van der Waals surface area contributed by atoms with Gasteiger partial charge >= 0.3 is 0 Å². The number of thiophene rings is 1. The van der Waals surface area contributed by atoms with Crippen LogP contribution in [0, 0.1) is 0 Å². The predicted molar refractivity (Wildman–Crippen MR) is 105 cm³/mol. The number of nitrogens with zero attached hydrogens (tertiary/aromatic N) is 3. The van der Waals surface area contributed by atoms with Crippen molar-refractivity contribution >= 4 is 27.4 Å². The first-order valence-electron chi connectivity index (χ1n) is 8.50. The van der Waals surface area contributed by atoms with Gasteiger partial charge < -0.3 is 9.84 Å². The fourth-order valence-electron chi connectivity index (χ4n) is 2.68. The number of hydrogen-bond donors (Lipinski definition) is 1. The molecule has 0 radical (unpaired) electrons. The van der Waals surface area contributed by atoms with Gasteiger partial charge in [-0.3, -0.25) is 0 Å². The number of aromatic nitrogens is 3. The maximum absolute atomic E-state index is 5.46. The van der Waals surface area contributed by atoms with E-state index in [2.05, 4.69) is 47.3 Å². The zero-order valence-electron chi connectivity index (χ0n) is 15.0. The molecule has 0 aliphatic heterocycles. The number of rotatable bonds is 4. The molecule has 0 aliphatic carbocycles. The third-order valence-electron chi connectivity index (χ3n) is 4.13. The Morgan fingerprint density at radius 3 is 2.65 bits per heavy atom. The fraction of sp³-hybridized carbons (Fsp3) is 0.250. The normalized spacial score (nSPS) is 11.8. The van der Waals surface area contributed by atoms with Crippen LogP contribution in [0.5, 0.6) is 0 Å². The highest BCUT2D eigenvalue weighted by Crippen LogP contribution is 2.35. The molecule has 3 aromatic heterocycles. The molecule has 4 aromatic rings. The van der Waals surface area contributed by atoms with Crippen LogP contribution in [0.1, 0.15) is 31.4 Å². The van der Waals surface area contributed by atoms with Crippen LogP contribution in [0.25, 0.3) is 21.5 Å². The van der Waals surface area contributed by atoms with Gasteiger partial charge in [-0.2, -0.15) is 0 Å². The Morgan fingerprint density at radius 1 is 1.08 bits per heavy atom. The Morgan fingerprint density at radius 2 is 1.88 bits per heavy atom. The maximum Gasteiger partial charge on any atom is 0.156 e. The number of fused-ring (bicyclic) bond motifs is 1. The van der Waals surface area contributed by atoms with E-state index >= 15 is 0 Å². The predicted octanol–water partition coefficient (Wildman–Crippen LogP) is 5.26. The second kappa shape index (κ2) is 6.53. The van der Waals surface area contributed by atoms with Crippen molar-refractivity contribution in [1.29, 1.82) is 0 Å². The summed E-state index contributed by atoms with van der Waals surface area (Å²) in [5.74, 6) is 1.58. The lowest BCUT2D eigenvalue weighted by atomic mass is 9.94. The van der Waals surface area contributed by atoms with Gasteiger partial charge in [-0.1, -0.05) is 56.3 Å². The Labute approximate surface area is 156 Å². The monoisotopic (exact) mass is 364 g/mol. The van der Waals surface area contributed by atoms with Crippen molar-refractivity contribution in [1.82, 2.24) is 15.1 Å². The number of hydrogen-bond acceptors (Lipinski definition) is 6. The van der Waals surface area contributed by atoms with E-state index < -0.39 is 0 Å². The van der Waals surface area contributed by atoms with E-state index in [4.69, 9.17) is 4.52 Å². The summed E-state index contributed by atoms with van der Waals surface area (Å²) in [5, 5.41) is 8.55. The minimum atomic E-state index is 0.0954. The number of benzene rings is 1. The molecule has 26 heavy (non-hydrogen) atoms. The molecule has 0 unspecified atom stereocenters. The molecule has 0 bridgehead atoms. The lowest BCUT2D eigenvalue weighted by molar-refractivity contribution is 0.390. The van der Waals surface area contributed by atoms with Gasteiger partial charge in [0, 0.05) is 16.5 Å². The van der Waals surface area contributed by atoms with Crippen LogP contribution in [-0.2, 0) is 12.0 Å². The van der Waals surface area contributed by atoms with E-state index in [9.17, 15) is 0 Å². The number of nitrogens with one attached hydrogen (secondary N) is 1. The zero-order chi connectivity index (χ0) is 18.1. The van der Waals surface area contributed by atoms with E-state index in [-0.39, 0.29) is 5.41 Å². The van der Waals surface area contributed by atoms with Gasteiger partial charge in [0.25, 0.3) is 0 Å². The maximum atomic E-state index is 5.46. The SMILES string of the molecule is CC(C)(C)c1cc2c(NCc3cc(-c4ccccc4)no3)ncnc2s1. The van der Waals surface area contributed by atoms with Crippen molar-refractivity contribution in [3.63, 3.8) is 0 Å². The second-order valence-corrected chi connectivity index (χ2v) is 8.23. The zero-order valence-corrected chi connectivity index (χ0v) is 15.8. The van der Waals surface area contributed by atoms with Gasteiger partial charge in [0.15, 0.2) is 5.76 Å². The molecule has 0 saturated heterocycles. The summed E-state index contributed by atoms with van der Waals surface area (Å²) < 4.78 is 5.46. The molecule has 0 amide bonds. The lowest BCUT2D eigenvalue weighted by Crippen LogP contribution is -2.07. The molecule has 3 heterocycles. The summed E-state index contributed by atoms with van der Waals surface area (Å²) >= 11 is 1.71. The topological polar surface area (TPSA) is 63.8 Å². The molecular weight excluding hydrogens is 344 g/mol. The molecule has 5 nitrogen and oxygen atoms in total. The molecule has 0 saturated carbocycles. The van der Waals surface area contributed by atoms with Gasteiger partial charge in [0.2, 0.25) is 0 Å². The molecular formula is C20H20N4OS. The van der Waals surface area contributed by atoms with Crippen molar-refractivity contribution in [2.45, 2.75) is 32.7 Å². The molecule has 4 rings (SSSR count). The highest BCUT2D eigenvalue weighted by molar-refractivity contribution is 7.18. The van der Waals surface area contributed by atoms with Crippen molar-refractivity contribution < 1.29 is 4.52 Å². The molecule has 6 heteroatoms. The first-order chi connectivity index (χ1) is 12.5. The standard InChI is InChI=1S/C20H20N4OS/c1-20(2,3)17-10-15-18(22-12-23-19(15)26-17)21-11-14-9-16(24-25-14)13-7-5-4-6-8-13/h4-10,12H,11H2,1-3H3,(H,21,22,23). The van der Waals surface area contributed by atoms with Gasteiger partial charge in [-0.15, -0.1) is 11.3 Å². The van der Waals surface area contributed by atoms with Crippen LogP contribution in [0.15, 0.2) is 53.3 Å². The van der Waals surface area contributed by atoms with E-state index in [0.29, 0.717) is 6.54 Å². The molecule has 0 spiro atoms. The summed E-state index contributed by atoms with van der Waals surface area (Å²) in [6.45, 7) is 7.14. The summed E-state index contributed by atoms with van der Waals surface area (Å²) in [6.07, 6.45) is 1.60. The van der Waals surface area contributed by atoms with Crippen LogP contribution in [0.4, 0.5) is 5.82 Å². The Bertz CT molecular complexity index is 1030. The molecule has 1 N–H and O–H groups in total. The third-order valence-corrected chi connectivity index (χ3v) is 5.60. The van der Waals surface area contributed by atoms with E-state index in [1.165, 1.54) is 4.88 Å². The summed E-state index contributed by atoms with van der Waals surface area (Å²) in [6, 6.07) is 14.1. The van der Waals surface area contributed by atoms with Crippen LogP contribution >= 0.6 is 11.3 Å². The quantitative estimate of drug-likeness (QED) is 0.535. The first kappa shape index (κ1) is 16.7. The lowest BCUT2D eigenvalue weighted by Gasteiger charge is -2.14. The Hall–Kier alpha value is -2.73. The van der Waals surface area contributed by atoms with Crippen molar-refractivity contribution in [3.8, 4) is 11.3 Å². The van der Waals surface area contributed by atoms with Crippen LogP contribution < -0.4 is 5.32 Å². The summed E-state index contributed by atoms with van der Waals surface area (Å²) in [7, 11) is 0. The highest BCUT2D eigenvalue weighted by Gasteiger charge is 2.19. The van der Waals surface area contributed by atoms with Crippen molar-refractivity contribution in [2.75, 3.05) is 5.32 Å². The Kier molecular flexibility index (Phi) is 4.20. The average Bonchev–Trinajstić information content (AvgIpc) is 3.27. The fourth-order valence-corrected chi connectivity index (χ4v) is 3.73. The molecule has 0 fully saturated rings. The van der Waals surface area contributed by atoms with Crippen LogP contribution in [0.2, 0.25) is 0 Å². The molecule has 132 valence electrons.